The van der Waals surface area contributed by atoms with Crippen molar-refractivity contribution in [1.82, 2.24) is 4.90 Å². The number of sulfone groups is 1. The van der Waals surface area contributed by atoms with Gasteiger partial charge in [-0.25, -0.2) is 13.2 Å². The number of nitrogens with zero attached hydrogens (tertiary/aromatic N) is 1. The number of benzene rings is 2. The van der Waals surface area contributed by atoms with Gasteiger partial charge in [-0.2, -0.15) is 0 Å². The van der Waals surface area contributed by atoms with E-state index in [1.807, 2.05) is 11.8 Å². The summed E-state index contributed by atoms with van der Waals surface area (Å²) in [7, 11) is -3.32. The SMILES string of the molecule is Cc1cccc(C2CCCN(C(=O)Nc3cc(S(C)(=O)=O)ccc3C)C2)c1. The van der Waals surface area contributed by atoms with Gasteiger partial charge in [0, 0.05) is 31.0 Å². The molecule has 0 aliphatic carbocycles. The van der Waals surface area contributed by atoms with Crippen LogP contribution in [0.2, 0.25) is 0 Å². The zero-order valence-corrected chi connectivity index (χ0v) is 16.8. The van der Waals surface area contributed by atoms with Crippen molar-refractivity contribution in [2.24, 2.45) is 0 Å². The number of hydrogen-bond donors (Lipinski definition) is 1. The standard InChI is InChI=1S/C21H26N2O3S/c1-15-6-4-7-17(12-15)18-8-5-11-23(14-18)21(24)22-20-13-19(27(3,25)26)10-9-16(20)2/h4,6-7,9-10,12-13,18H,5,8,11,14H2,1-3H3,(H,22,24). The molecule has 1 fully saturated rings. The fraction of sp³-hybridized carbons (Fsp3) is 0.381. The van der Waals surface area contributed by atoms with Gasteiger partial charge >= 0.3 is 6.03 Å². The Balaban J connectivity index is 1.74. The highest BCUT2D eigenvalue weighted by molar-refractivity contribution is 7.90. The molecule has 27 heavy (non-hydrogen) atoms. The molecule has 1 N–H and O–H groups in total. The van der Waals surface area contributed by atoms with E-state index in [0.29, 0.717) is 24.7 Å². The first kappa shape index (κ1) is 19.4. The van der Waals surface area contributed by atoms with Crippen LogP contribution in [0.5, 0.6) is 0 Å². The highest BCUT2D eigenvalue weighted by atomic mass is 32.2. The lowest BCUT2D eigenvalue weighted by atomic mass is 9.90. The maximum atomic E-state index is 12.8. The van der Waals surface area contributed by atoms with Crippen LogP contribution in [0.4, 0.5) is 10.5 Å². The van der Waals surface area contributed by atoms with Crippen LogP contribution >= 0.6 is 0 Å². The van der Waals surface area contributed by atoms with E-state index in [1.54, 1.807) is 12.1 Å². The van der Waals surface area contributed by atoms with Crippen LogP contribution < -0.4 is 5.32 Å². The lowest BCUT2D eigenvalue weighted by molar-refractivity contribution is 0.192. The minimum atomic E-state index is -3.32. The first-order valence-electron chi connectivity index (χ1n) is 9.17. The summed E-state index contributed by atoms with van der Waals surface area (Å²) in [6.45, 7) is 5.31. The third kappa shape index (κ3) is 4.69. The predicted molar refractivity (Wildman–Crippen MR) is 108 cm³/mol. The molecule has 1 aliphatic heterocycles. The van der Waals surface area contributed by atoms with Crippen LogP contribution in [-0.2, 0) is 9.84 Å². The Morgan fingerprint density at radius 1 is 1.15 bits per heavy atom. The summed E-state index contributed by atoms with van der Waals surface area (Å²) in [6.07, 6.45) is 3.19. The first-order chi connectivity index (χ1) is 12.7. The van der Waals surface area contributed by atoms with Crippen LogP contribution in [0.25, 0.3) is 0 Å². The van der Waals surface area contributed by atoms with Gasteiger partial charge in [-0.15, -0.1) is 0 Å². The molecule has 3 rings (SSSR count). The number of rotatable bonds is 3. The lowest BCUT2D eigenvalue weighted by Crippen LogP contribution is -2.41. The first-order valence-corrected chi connectivity index (χ1v) is 11.1. The minimum absolute atomic E-state index is 0.180. The monoisotopic (exact) mass is 386 g/mol. The molecular weight excluding hydrogens is 360 g/mol. The summed E-state index contributed by atoms with van der Waals surface area (Å²) in [5.74, 6) is 0.327. The van der Waals surface area contributed by atoms with Crippen LogP contribution in [0, 0.1) is 13.8 Å². The number of carbonyl (C=O) groups is 1. The van der Waals surface area contributed by atoms with Gasteiger partial charge in [-0.1, -0.05) is 35.9 Å². The molecule has 5 nitrogen and oxygen atoms in total. The van der Waals surface area contributed by atoms with Crippen molar-refractivity contribution in [1.29, 1.82) is 0 Å². The Kier molecular flexibility index (Phi) is 5.56. The molecule has 2 aromatic carbocycles. The highest BCUT2D eigenvalue weighted by Gasteiger charge is 2.25. The van der Waals surface area contributed by atoms with Crippen LogP contribution in [0.1, 0.15) is 35.4 Å². The van der Waals surface area contributed by atoms with Gasteiger partial charge in [0.1, 0.15) is 0 Å². The highest BCUT2D eigenvalue weighted by Crippen LogP contribution is 2.28. The number of urea groups is 1. The molecule has 0 bridgehead atoms. The van der Waals surface area contributed by atoms with Gasteiger partial charge in [0.2, 0.25) is 0 Å². The van der Waals surface area contributed by atoms with Crippen molar-refractivity contribution in [3.8, 4) is 0 Å². The molecule has 0 spiro atoms. The zero-order chi connectivity index (χ0) is 19.6. The maximum absolute atomic E-state index is 12.8. The summed E-state index contributed by atoms with van der Waals surface area (Å²) >= 11 is 0. The largest absolute Gasteiger partial charge is 0.324 e. The molecule has 2 amide bonds. The molecule has 0 aromatic heterocycles. The van der Waals surface area contributed by atoms with E-state index in [0.717, 1.165) is 18.4 Å². The van der Waals surface area contributed by atoms with Crippen molar-refractivity contribution in [3.05, 3.63) is 59.2 Å². The van der Waals surface area contributed by atoms with Crippen molar-refractivity contribution in [2.45, 2.75) is 37.5 Å². The van der Waals surface area contributed by atoms with E-state index in [2.05, 4.69) is 36.5 Å². The quantitative estimate of drug-likeness (QED) is 0.863. The Labute approximate surface area is 161 Å². The average molecular weight is 387 g/mol. The van der Waals surface area contributed by atoms with E-state index >= 15 is 0 Å². The molecule has 1 aliphatic rings. The molecule has 2 aromatic rings. The minimum Gasteiger partial charge on any atom is -0.324 e. The number of nitrogens with one attached hydrogen (secondary N) is 1. The third-order valence-electron chi connectivity index (χ3n) is 5.10. The van der Waals surface area contributed by atoms with Gasteiger partial charge < -0.3 is 10.2 Å². The summed E-state index contributed by atoms with van der Waals surface area (Å²) < 4.78 is 23.6. The zero-order valence-electron chi connectivity index (χ0n) is 16.0. The predicted octanol–water partition coefficient (Wildman–Crippen LogP) is 4.12. The smallest absolute Gasteiger partial charge is 0.321 e. The molecule has 1 unspecified atom stereocenters. The van der Waals surface area contributed by atoms with Crippen molar-refractivity contribution < 1.29 is 13.2 Å². The Morgan fingerprint density at radius 3 is 2.63 bits per heavy atom. The van der Waals surface area contributed by atoms with E-state index in [4.69, 9.17) is 0 Å². The van der Waals surface area contributed by atoms with E-state index in [9.17, 15) is 13.2 Å². The topological polar surface area (TPSA) is 66.5 Å². The fourth-order valence-electron chi connectivity index (χ4n) is 3.52. The molecule has 144 valence electrons. The lowest BCUT2D eigenvalue weighted by Gasteiger charge is -2.33. The van der Waals surface area contributed by atoms with Crippen molar-refractivity contribution in [3.63, 3.8) is 0 Å². The van der Waals surface area contributed by atoms with Crippen LogP contribution in [0.15, 0.2) is 47.4 Å². The number of hydrogen-bond acceptors (Lipinski definition) is 3. The second-order valence-corrected chi connectivity index (χ2v) is 9.39. The molecule has 6 heteroatoms. The maximum Gasteiger partial charge on any atom is 0.321 e. The van der Waals surface area contributed by atoms with Gasteiger partial charge in [0.15, 0.2) is 9.84 Å². The normalized spacial score (nSPS) is 17.6. The summed E-state index contributed by atoms with van der Waals surface area (Å²) in [4.78, 5) is 14.8. The van der Waals surface area contributed by atoms with Crippen LogP contribution in [-0.4, -0.2) is 38.7 Å². The second kappa shape index (κ2) is 7.72. The van der Waals surface area contributed by atoms with E-state index in [-0.39, 0.29) is 10.9 Å². The van der Waals surface area contributed by atoms with Gasteiger partial charge in [-0.3, -0.25) is 0 Å². The number of anilines is 1. The second-order valence-electron chi connectivity index (χ2n) is 7.38. The van der Waals surface area contributed by atoms with Gasteiger partial charge in [0.25, 0.3) is 0 Å². The molecule has 1 atom stereocenters. The Bertz CT molecular complexity index is 954. The summed E-state index contributed by atoms with van der Waals surface area (Å²) in [5.41, 5.74) is 3.87. The van der Waals surface area contributed by atoms with E-state index in [1.165, 1.54) is 23.4 Å². The number of aryl methyl sites for hydroxylation is 2. The number of likely N-dealkylation sites (tertiary alicyclic amines) is 1. The summed E-state index contributed by atoms with van der Waals surface area (Å²) in [6, 6.07) is 13.1. The molecule has 1 saturated heterocycles. The average Bonchev–Trinajstić information content (AvgIpc) is 2.62. The molecule has 1 heterocycles. The van der Waals surface area contributed by atoms with Crippen molar-refractivity contribution >= 4 is 21.6 Å². The number of piperidine rings is 1. The number of carbonyl (C=O) groups excluding carboxylic acids is 1. The Morgan fingerprint density at radius 2 is 1.93 bits per heavy atom. The number of amides is 2. The van der Waals surface area contributed by atoms with Gasteiger partial charge in [0.05, 0.1) is 4.90 Å². The molecule has 0 radical (unpaired) electrons. The molecule has 0 saturated carbocycles. The van der Waals surface area contributed by atoms with Gasteiger partial charge in [-0.05, 0) is 49.9 Å². The van der Waals surface area contributed by atoms with E-state index < -0.39 is 9.84 Å². The van der Waals surface area contributed by atoms with Crippen LogP contribution in [0.3, 0.4) is 0 Å². The third-order valence-corrected chi connectivity index (χ3v) is 6.21. The Hall–Kier alpha value is -2.34. The molecular formula is C21H26N2O3S. The summed E-state index contributed by atoms with van der Waals surface area (Å²) in [5, 5.41) is 2.90. The van der Waals surface area contributed by atoms with Crippen molar-refractivity contribution in [2.75, 3.05) is 24.7 Å². The fourth-order valence-corrected chi connectivity index (χ4v) is 4.17.